The summed E-state index contributed by atoms with van der Waals surface area (Å²) in [5.74, 6) is 1.30. The first kappa shape index (κ1) is 23.5. The van der Waals surface area contributed by atoms with Gasteiger partial charge in [-0.3, -0.25) is 4.79 Å². The highest BCUT2D eigenvalue weighted by molar-refractivity contribution is 6.32. The molecule has 1 aromatic carbocycles. The van der Waals surface area contributed by atoms with Crippen molar-refractivity contribution < 1.29 is 14.3 Å². The number of hydrogen-bond acceptors (Lipinski definition) is 6. The molecule has 0 bridgehead atoms. The molecule has 2 aromatic heterocycles. The summed E-state index contributed by atoms with van der Waals surface area (Å²) >= 11 is 6.42. The summed E-state index contributed by atoms with van der Waals surface area (Å²) in [5, 5.41) is 7.83. The van der Waals surface area contributed by atoms with Crippen molar-refractivity contribution in [3.63, 3.8) is 0 Å². The zero-order valence-electron chi connectivity index (χ0n) is 19.0. The van der Waals surface area contributed by atoms with Crippen LogP contribution in [0.25, 0.3) is 5.95 Å². The third-order valence-corrected chi connectivity index (χ3v) is 4.76. The Labute approximate surface area is 192 Å². The summed E-state index contributed by atoms with van der Waals surface area (Å²) < 4.78 is 12.9. The maximum atomic E-state index is 13.1. The maximum Gasteiger partial charge on any atom is 0.257 e. The zero-order chi connectivity index (χ0) is 23.3. The summed E-state index contributed by atoms with van der Waals surface area (Å²) in [4.78, 5) is 21.7. The number of anilines is 1. The topological polar surface area (TPSA) is 91.2 Å². The molecule has 8 nitrogen and oxygen atoms in total. The summed E-state index contributed by atoms with van der Waals surface area (Å²) in [7, 11) is 0. The van der Waals surface area contributed by atoms with Gasteiger partial charge < -0.3 is 14.8 Å². The fourth-order valence-corrected chi connectivity index (χ4v) is 3.15. The number of hydrogen-bond donors (Lipinski definition) is 1. The van der Waals surface area contributed by atoms with Gasteiger partial charge in [-0.1, -0.05) is 39.3 Å². The van der Waals surface area contributed by atoms with Crippen molar-refractivity contribution in [3.8, 4) is 17.4 Å². The van der Waals surface area contributed by atoms with Crippen LogP contribution >= 0.6 is 11.6 Å². The highest BCUT2D eigenvalue weighted by Gasteiger charge is 2.23. The third-order valence-electron chi connectivity index (χ3n) is 4.48. The normalized spacial score (nSPS) is 11.3. The van der Waals surface area contributed by atoms with E-state index in [1.54, 1.807) is 30.6 Å². The number of nitrogens with zero attached hydrogens (tertiary/aromatic N) is 4. The molecule has 170 valence electrons. The summed E-state index contributed by atoms with van der Waals surface area (Å²) in [6.45, 7) is 10.9. The molecule has 1 N–H and O–H groups in total. The number of nitrogens with one attached hydrogen (secondary N) is 1. The maximum absolute atomic E-state index is 13.1. The van der Waals surface area contributed by atoms with Gasteiger partial charge in [-0.05, 0) is 31.5 Å². The Hall–Kier alpha value is -3.13. The highest BCUT2D eigenvalue weighted by atomic mass is 35.5. The molecule has 0 aliphatic carbocycles. The highest BCUT2D eigenvalue weighted by Crippen LogP contribution is 2.37. The van der Waals surface area contributed by atoms with Gasteiger partial charge in [-0.2, -0.15) is 9.78 Å². The number of aromatic nitrogens is 4. The zero-order valence-corrected chi connectivity index (χ0v) is 19.7. The van der Waals surface area contributed by atoms with E-state index >= 15 is 0 Å². The molecule has 0 aliphatic heterocycles. The molecule has 32 heavy (non-hydrogen) atoms. The molecule has 9 heteroatoms. The lowest BCUT2D eigenvalue weighted by molar-refractivity contribution is 0.102. The largest absolute Gasteiger partial charge is 0.490 e. The minimum Gasteiger partial charge on any atom is -0.490 e. The predicted molar refractivity (Wildman–Crippen MR) is 124 cm³/mol. The number of carbonyl (C=O) groups is 1. The standard InChI is InChI=1S/C23H28ClN5O3/c1-6-11-32-20-16(24)12-15(13-17(20)31-7-2)21(30)27-19-14-18(23(3,4)5)28-29(19)22-25-9-8-10-26-22/h8-10,12-14H,6-7,11H2,1-5H3,(H,27,30). The van der Waals surface area contributed by atoms with Crippen LogP contribution < -0.4 is 14.8 Å². The molecule has 3 aromatic rings. The molecule has 1 amide bonds. The second-order valence-corrected chi connectivity index (χ2v) is 8.55. The second kappa shape index (κ2) is 9.99. The van der Waals surface area contributed by atoms with Gasteiger partial charge in [0.15, 0.2) is 11.5 Å². The predicted octanol–water partition coefficient (Wildman–Crippen LogP) is 5.05. The SMILES string of the molecule is CCCOc1c(Cl)cc(C(=O)Nc2cc(C(C)(C)C)nn2-c2ncccn2)cc1OCC. The van der Waals surface area contributed by atoms with Crippen LogP contribution in [0.5, 0.6) is 11.5 Å². The van der Waals surface area contributed by atoms with E-state index in [0.29, 0.717) is 47.1 Å². The Kier molecular flexibility index (Phi) is 7.35. The molecule has 0 saturated heterocycles. The van der Waals surface area contributed by atoms with Crippen LogP contribution in [-0.2, 0) is 5.41 Å². The van der Waals surface area contributed by atoms with Crippen LogP contribution in [0, 0.1) is 0 Å². The lowest BCUT2D eigenvalue weighted by atomic mass is 9.92. The second-order valence-electron chi connectivity index (χ2n) is 8.15. The van der Waals surface area contributed by atoms with Gasteiger partial charge in [0.1, 0.15) is 5.82 Å². The molecule has 0 atom stereocenters. The van der Waals surface area contributed by atoms with Gasteiger partial charge in [0.2, 0.25) is 0 Å². The lowest BCUT2D eigenvalue weighted by Crippen LogP contribution is -2.16. The van der Waals surface area contributed by atoms with Crippen molar-refractivity contribution in [2.45, 2.75) is 46.5 Å². The molecule has 0 unspecified atom stereocenters. The van der Waals surface area contributed by atoms with E-state index in [1.165, 1.54) is 4.68 Å². The fraction of sp³-hybridized carbons (Fsp3) is 0.391. The van der Waals surface area contributed by atoms with Gasteiger partial charge in [0, 0.05) is 29.4 Å². The Morgan fingerprint density at radius 3 is 2.47 bits per heavy atom. The van der Waals surface area contributed by atoms with Crippen LogP contribution in [0.2, 0.25) is 5.02 Å². The quantitative estimate of drug-likeness (QED) is 0.508. The van der Waals surface area contributed by atoms with Crippen LogP contribution in [0.1, 0.15) is 57.1 Å². The van der Waals surface area contributed by atoms with Crippen molar-refractivity contribution in [1.82, 2.24) is 19.7 Å². The first-order valence-corrected chi connectivity index (χ1v) is 10.9. The molecular weight excluding hydrogens is 430 g/mol. The number of carbonyl (C=O) groups excluding carboxylic acids is 1. The summed E-state index contributed by atoms with van der Waals surface area (Å²) in [5.41, 5.74) is 0.890. The van der Waals surface area contributed by atoms with Crippen molar-refractivity contribution in [3.05, 3.63) is 52.9 Å². The molecule has 0 saturated carbocycles. The van der Waals surface area contributed by atoms with E-state index in [2.05, 4.69) is 20.4 Å². The van der Waals surface area contributed by atoms with Gasteiger partial charge >= 0.3 is 0 Å². The Bertz CT molecular complexity index is 1080. The molecule has 2 heterocycles. The van der Waals surface area contributed by atoms with E-state index in [1.807, 2.05) is 40.7 Å². The molecular formula is C23H28ClN5O3. The summed E-state index contributed by atoms with van der Waals surface area (Å²) in [6.07, 6.45) is 4.07. The number of benzene rings is 1. The number of ether oxygens (including phenoxy) is 2. The fourth-order valence-electron chi connectivity index (χ4n) is 2.88. The smallest absolute Gasteiger partial charge is 0.257 e. The van der Waals surface area contributed by atoms with Crippen molar-refractivity contribution in [2.75, 3.05) is 18.5 Å². The minimum atomic E-state index is -0.368. The van der Waals surface area contributed by atoms with E-state index < -0.39 is 0 Å². The van der Waals surface area contributed by atoms with Crippen LogP contribution in [0.3, 0.4) is 0 Å². The number of rotatable bonds is 8. The third kappa shape index (κ3) is 5.37. The van der Waals surface area contributed by atoms with E-state index in [9.17, 15) is 4.79 Å². The number of halogens is 1. The van der Waals surface area contributed by atoms with Crippen molar-refractivity contribution in [2.24, 2.45) is 0 Å². The average molecular weight is 458 g/mol. The van der Waals surface area contributed by atoms with Gasteiger partial charge in [-0.15, -0.1) is 0 Å². The number of amides is 1. The van der Waals surface area contributed by atoms with E-state index in [-0.39, 0.29) is 11.3 Å². The average Bonchev–Trinajstić information content (AvgIpc) is 3.18. The van der Waals surface area contributed by atoms with Gasteiger partial charge in [0.05, 0.1) is 23.9 Å². The first-order valence-electron chi connectivity index (χ1n) is 10.5. The van der Waals surface area contributed by atoms with Gasteiger partial charge in [-0.25, -0.2) is 9.97 Å². The van der Waals surface area contributed by atoms with E-state index in [4.69, 9.17) is 21.1 Å². The summed E-state index contributed by atoms with van der Waals surface area (Å²) in [6, 6.07) is 6.72. The lowest BCUT2D eigenvalue weighted by Gasteiger charge is -2.15. The molecule has 0 radical (unpaired) electrons. The molecule has 0 fully saturated rings. The van der Waals surface area contributed by atoms with Crippen molar-refractivity contribution >= 4 is 23.3 Å². The Morgan fingerprint density at radius 2 is 1.84 bits per heavy atom. The monoisotopic (exact) mass is 457 g/mol. The first-order chi connectivity index (χ1) is 15.2. The molecule has 3 rings (SSSR count). The van der Waals surface area contributed by atoms with E-state index in [0.717, 1.165) is 12.1 Å². The van der Waals surface area contributed by atoms with Crippen LogP contribution in [-0.4, -0.2) is 38.9 Å². The van der Waals surface area contributed by atoms with Crippen molar-refractivity contribution in [1.29, 1.82) is 0 Å². The Morgan fingerprint density at radius 1 is 1.12 bits per heavy atom. The van der Waals surface area contributed by atoms with Gasteiger partial charge in [0.25, 0.3) is 11.9 Å². The minimum absolute atomic E-state index is 0.233. The Balaban J connectivity index is 1.97. The van der Waals surface area contributed by atoms with Crippen LogP contribution in [0.15, 0.2) is 36.7 Å². The molecule has 0 spiro atoms. The molecule has 0 aliphatic rings. The van der Waals surface area contributed by atoms with Crippen LogP contribution in [0.4, 0.5) is 5.82 Å².